The number of aromatic nitrogens is 2. The van der Waals surface area contributed by atoms with Crippen molar-refractivity contribution in [2.45, 2.75) is 24.7 Å². The summed E-state index contributed by atoms with van der Waals surface area (Å²) in [5.41, 5.74) is 1.43. The largest absolute Gasteiger partial charge is 0.497 e. The first-order valence-electron chi connectivity index (χ1n) is 10.4. The third kappa shape index (κ3) is 3.74. The molecule has 3 heterocycles. The van der Waals surface area contributed by atoms with Crippen molar-refractivity contribution in [3.8, 4) is 23.0 Å². The second-order valence-corrected chi connectivity index (χ2v) is 7.59. The van der Waals surface area contributed by atoms with E-state index < -0.39 is 0 Å². The SMILES string of the molecule is COc1ccc(OC)c(Nc2ncnc3cc(OC4COC5CCOC54)c(OC)cc23)c1. The minimum Gasteiger partial charge on any atom is -0.497 e. The number of ether oxygens (including phenoxy) is 6. The fourth-order valence-electron chi connectivity index (χ4n) is 4.15. The van der Waals surface area contributed by atoms with Crippen molar-refractivity contribution in [2.24, 2.45) is 0 Å². The van der Waals surface area contributed by atoms with Crippen LogP contribution in [0.5, 0.6) is 23.0 Å². The average molecular weight is 439 g/mol. The van der Waals surface area contributed by atoms with E-state index in [1.54, 1.807) is 21.3 Å². The second-order valence-electron chi connectivity index (χ2n) is 7.59. The molecule has 0 aliphatic carbocycles. The highest BCUT2D eigenvalue weighted by atomic mass is 16.6. The molecular formula is C23H25N3O6. The number of hydrogen-bond acceptors (Lipinski definition) is 9. The Bertz CT molecular complexity index is 1120. The molecule has 0 spiro atoms. The van der Waals surface area contributed by atoms with Gasteiger partial charge in [-0.3, -0.25) is 0 Å². The van der Waals surface area contributed by atoms with Crippen molar-refractivity contribution < 1.29 is 28.4 Å². The summed E-state index contributed by atoms with van der Waals surface area (Å²) in [6, 6.07) is 9.23. The molecule has 0 bridgehead atoms. The van der Waals surface area contributed by atoms with Gasteiger partial charge in [0.2, 0.25) is 0 Å². The van der Waals surface area contributed by atoms with Gasteiger partial charge in [-0.05, 0) is 24.6 Å². The van der Waals surface area contributed by atoms with Gasteiger partial charge in [-0.2, -0.15) is 0 Å². The third-order valence-corrected chi connectivity index (χ3v) is 5.78. The zero-order valence-corrected chi connectivity index (χ0v) is 18.2. The molecule has 2 saturated heterocycles. The van der Waals surface area contributed by atoms with Crippen LogP contribution in [-0.4, -0.2) is 62.8 Å². The minimum atomic E-state index is -0.186. The van der Waals surface area contributed by atoms with E-state index in [0.29, 0.717) is 47.5 Å². The van der Waals surface area contributed by atoms with Crippen LogP contribution in [0.3, 0.4) is 0 Å². The molecule has 0 radical (unpaired) electrons. The Hall–Kier alpha value is -3.30. The topological polar surface area (TPSA) is 93.2 Å². The standard InChI is InChI=1S/C23H25N3O6/c1-27-13-4-5-17(28-2)16(8-13)26-23-14-9-19(29-3)20(10-15(14)24-12-25-23)32-21-11-31-18-6-7-30-22(18)21/h4-5,8-10,12,18,21-22H,6-7,11H2,1-3H3,(H,24,25,26). The van der Waals surface area contributed by atoms with E-state index in [1.807, 2.05) is 30.3 Å². The number of fused-ring (bicyclic) bond motifs is 2. The monoisotopic (exact) mass is 439 g/mol. The normalized spacial score (nSPS) is 21.9. The van der Waals surface area contributed by atoms with Gasteiger partial charge in [-0.1, -0.05) is 0 Å². The molecule has 9 heteroatoms. The maximum atomic E-state index is 6.25. The van der Waals surface area contributed by atoms with Crippen LogP contribution in [0, 0.1) is 0 Å². The first kappa shape index (κ1) is 20.6. The highest BCUT2D eigenvalue weighted by Gasteiger charge is 2.43. The van der Waals surface area contributed by atoms with Crippen LogP contribution in [0.2, 0.25) is 0 Å². The Balaban J connectivity index is 1.48. The summed E-state index contributed by atoms with van der Waals surface area (Å²) in [7, 11) is 4.84. The van der Waals surface area contributed by atoms with E-state index in [1.165, 1.54) is 6.33 Å². The molecule has 0 saturated carbocycles. The smallest absolute Gasteiger partial charge is 0.164 e. The Morgan fingerprint density at radius 1 is 0.938 bits per heavy atom. The molecule has 1 N–H and O–H groups in total. The lowest BCUT2D eigenvalue weighted by Gasteiger charge is -2.20. The summed E-state index contributed by atoms with van der Waals surface area (Å²) in [6.07, 6.45) is 2.26. The van der Waals surface area contributed by atoms with Crippen LogP contribution in [0.15, 0.2) is 36.7 Å². The molecule has 2 aliphatic heterocycles. The lowest BCUT2D eigenvalue weighted by Crippen LogP contribution is -2.32. The lowest BCUT2D eigenvalue weighted by atomic mass is 10.1. The summed E-state index contributed by atoms with van der Waals surface area (Å²) >= 11 is 0. The van der Waals surface area contributed by atoms with Crippen LogP contribution in [0.25, 0.3) is 10.9 Å². The summed E-state index contributed by atoms with van der Waals surface area (Å²) in [5.74, 6) is 3.14. The fraction of sp³-hybridized carbons (Fsp3) is 0.391. The number of anilines is 2. The Morgan fingerprint density at radius 3 is 2.62 bits per heavy atom. The summed E-state index contributed by atoms with van der Waals surface area (Å²) in [6.45, 7) is 1.18. The minimum absolute atomic E-state index is 0.0569. The van der Waals surface area contributed by atoms with Crippen LogP contribution in [-0.2, 0) is 9.47 Å². The first-order valence-corrected chi connectivity index (χ1v) is 10.4. The molecule has 3 unspecified atom stereocenters. The molecule has 0 amide bonds. The maximum absolute atomic E-state index is 6.25. The third-order valence-electron chi connectivity index (χ3n) is 5.78. The van der Waals surface area contributed by atoms with E-state index in [9.17, 15) is 0 Å². The van der Waals surface area contributed by atoms with Crippen molar-refractivity contribution in [2.75, 3.05) is 39.9 Å². The van der Waals surface area contributed by atoms with Crippen LogP contribution in [0.1, 0.15) is 6.42 Å². The number of nitrogens with one attached hydrogen (secondary N) is 1. The highest BCUT2D eigenvalue weighted by molar-refractivity contribution is 5.93. The summed E-state index contributed by atoms with van der Waals surface area (Å²) < 4.78 is 34.3. The fourth-order valence-corrected chi connectivity index (χ4v) is 4.15. The maximum Gasteiger partial charge on any atom is 0.164 e. The predicted molar refractivity (Wildman–Crippen MR) is 117 cm³/mol. The Morgan fingerprint density at radius 2 is 1.81 bits per heavy atom. The molecule has 3 aromatic rings. The summed E-state index contributed by atoms with van der Waals surface area (Å²) in [4.78, 5) is 8.86. The molecule has 1 aromatic heterocycles. The highest BCUT2D eigenvalue weighted by Crippen LogP contribution is 2.39. The van der Waals surface area contributed by atoms with E-state index in [2.05, 4.69) is 15.3 Å². The molecular weight excluding hydrogens is 414 g/mol. The van der Waals surface area contributed by atoms with E-state index in [-0.39, 0.29) is 18.3 Å². The van der Waals surface area contributed by atoms with E-state index in [0.717, 1.165) is 17.5 Å². The van der Waals surface area contributed by atoms with E-state index >= 15 is 0 Å². The van der Waals surface area contributed by atoms with Crippen molar-refractivity contribution in [1.29, 1.82) is 0 Å². The number of rotatable bonds is 7. The van der Waals surface area contributed by atoms with Crippen LogP contribution >= 0.6 is 0 Å². The second kappa shape index (κ2) is 8.68. The van der Waals surface area contributed by atoms with Gasteiger partial charge in [-0.25, -0.2) is 9.97 Å². The molecule has 2 aromatic carbocycles. The van der Waals surface area contributed by atoms with Crippen molar-refractivity contribution in [3.63, 3.8) is 0 Å². The molecule has 32 heavy (non-hydrogen) atoms. The van der Waals surface area contributed by atoms with E-state index in [4.69, 9.17) is 28.4 Å². The van der Waals surface area contributed by atoms with Crippen LogP contribution < -0.4 is 24.3 Å². The van der Waals surface area contributed by atoms with Crippen molar-refractivity contribution in [3.05, 3.63) is 36.7 Å². The predicted octanol–water partition coefficient (Wildman–Crippen LogP) is 3.33. The van der Waals surface area contributed by atoms with Gasteiger partial charge >= 0.3 is 0 Å². The molecule has 9 nitrogen and oxygen atoms in total. The zero-order chi connectivity index (χ0) is 22.1. The number of hydrogen-bond donors (Lipinski definition) is 1. The lowest BCUT2D eigenvalue weighted by molar-refractivity contribution is 0.0298. The first-order chi connectivity index (χ1) is 15.7. The van der Waals surface area contributed by atoms with Gasteiger partial charge < -0.3 is 33.7 Å². The Labute approximate surface area is 185 Å². The molecule has 2 aliphatic rings. The van der Waals surface area contributed by atoms with Gasteiger partial charge in [0.05, 0.1) is 45.2 Å². The van der Waals surface area contributed by atoms with Gasteiger partial charge in [-0.15, -0.1) is 0 Å². The van der Waals surface area contributed by atoms with Gasteiger partial charge in [0.15, 0.2) is 17.6 Å². The average Bonchev–Trinajstić information content (AvgIpc) is 3.44. The quantitative estimate of drug-likeness (QED) is 0.595. The van der Waals surface area contributed by atoms with Gasteiger partial charge in [0.25, 0.3) is 0 Å². The summed E-state index contributed by atoms with van der Waals surface area (Å²) in [5, 5.41) is 4.10. The zero-order valence-electron chi connectivity index (χ0n) is 18.2. The van der Waals surface area contributed by atoms with Gasteiger partial charge in [0, 0.05) is 24.1 Å². The van der Waals surface area contributed by atoms with Gasteiger partial charge in [0.1, 0.15) is 29.7 Å². The molecule has 2 fully saturated rings. The number of nitrogens with zero attached hydrogens (tertiary/aromatic N) is 2. The van der Waals surface area contributed by atoms with Crippen LogP contribution in [0.4, 0.5) is 11.5 Å². The number of benzene rings is 2. The Kier molecular flexibility index (Phi) is 5.59. The molecule has 3 atom stereocenters. The number of methoxy groups -OCH3 is 3. The van der Waals surface area contributed by atoms with Crippen molar-refractivity contribution in [1.82, 2.24) is 9.97 Å². The van der Waals surface area contributed by atoms with Crippen molar-refractivity contribution >= 4 is 22.4 Å². The molecule has 168 valence electrons. The molecule has 5 rings (SSSR count).